The maximum absolute atomic E-state index is 12.8. The van der Waals surface area contributed by atoms with Crippen molar-refractivity contribution in [2.45, 2.75) is 6.54 Å². The molecule has 1 heterocycles. The Morgan fingerprint density at radius 1 is 1.00 bits per heavy atom. The van der Waals surface area contributed by atoms with Gasteiger partial charge < -0.3 is 20.1 Å². The summed E-state index contributed by atoms with van der Waals surface area (Å²) in [5.74, 6) is 6.26. The topological polar surface area (TPSA) is 64.8 Å². The highest BCUT2D eigenvalue weighted by Gasteiger charge is 2.21. The van der Waals surface area contributed by atoms with E-state index >= 15 is 0 Å². The first kappa shape index (κ1) is 17.2. The molecule has 0 aliphatic carbocycles. The van der Waals surface area contributed by atoms with Crippen LogP contribution in [0.25, 0.3) is 0 Å². The minimum Gasteiger partial charge on any atom is -0.369 e. The van der Waals surface area contributed by atoms with Crippen LogP contribution in [0.1, 0.15) is 16.7 Å². The van der Waals surface area contributed by atoms with Gasteiger partial charge in [0, 0.05) is 11.1 Å². The number of carbonyl (C=O) groups excluding carboxylic acids is 1. The zero-order chi connectivity index (χ0) is 17.5. The molecule has 25 heavy (non-hydrogen) atoms. The van der Waals surface area contributed by atoms with Crippen LogP contribution in [0.5, 0.6) is 0 Å². The van der Waals surface area contributed by atoms with Crippen LogP contribution in [0.15, 0.2) is 48.5 Å². The lowest BCUT2D eigenvalue weighted by molar-refractivity contribution is -0.123. The molecule has 0 bridgehead atoms. The first-order chi connectivity index (χ1) is 12.3. The van der Waals surface area contributed by atoms with Gasteiger partial charge in [0.05, 0.1) is 32.2 Å². The molecule has 0 fully saturated rings. The second kappa shape index (κ2) is 8.45. The standard InChI is InChI=1S/C20H20N2O3/c21-15-25-12-11-24-14-20(23)22-13-18-7-2-1-5-16(18)9-10-17-6-3-4-8-19(17)22/h1-8H,11-15,21H2. The number of amides is 1. The summed E-state index contributed by atoms with van der Waals surface area (Å²) in [5, 5.41) is 0. The molecule has 0 saturated heterocycles. The maximum atomic E-state index is 12.8. The van der Waals surface area contributed by atoms with Crippen molar-refractivity contribution in [2.75, 3.05) is 31.5 Å². The van der Waals surface area contributed by atoms with E-state index in [1.807, 2.05) is 48.5 Å². The van der Waals surface area contributed by atoms with E-state index in [1.165, 1.54) is 0 Å². The van der Waals surface area contributed by atoms with Gasteiger partial charge >= 0.3 is 0 Å². The van der Waals surface area contributed by atoms with Gasteiger partial charge in [-0.1, -0.05) is 42.2 Å². The molecular formula is C20H20N2O3. The molecule has 5 nitrogen and oxygen atoms in total. The minimum absolute atomic E-state index is 0.0160. The SMILES string of the molecule is NCOCCOCC(=O)N1Cc2ccccc2C#Cc2ccccc21. The van der Waals surface area contributed by atoms with Crippen molar-refractivity contribution in [3.8, 4) is 11.8 Å². The third kappa shape index (κ3) is 4.25. The van der Waals surface area contributed by atoms with Crippen LogP contribution >= 0.6 is 0 Å². The van der Waals surface area contributed by atoms with Gasteiger partial charge in [0.2, 0.25) is 0 Å². The number of anilines is 1. The van der Waals surface area contributed by atoms with Crippen LogP contribution in [0.3, 0.4) is 0 Å². The van der Waals surface area contributed by atoms with Gasteiger partial charge in [-0.3, -0.25) is 4.79 Å². The normalized spacial score (nSPS) is 12.3. The Bertz CT molecular complexity index is 808. The Morgan fingerprint density at radius 2 is 1.68 bits per heavy atom. The number of hydrogen-bond acceptors (Lipinski definition) is 4. The molecule has 2 N–H and O–H groups in total. The van der Waals surface area contributed by atoms with Crippen molar-refractivity contribution < 1.29 is 14.3 Å². The predicted octanol–water partition coefficient (Wildman–Crippen LogP) is 1.88. The van der Waals surface area contributed by atoms with Gasteiger partial charge in [0.15, 0.2) is 0 Å². The van der Waals surface area contributed by atoms with Crippen molar-refractivity contribution in [3.05, 3.63) is 65.2 Å². The second-order valence-electron chi connectivity index (χ2n) is 5.53. The Labute approximate surface area is 147 Å². The first-order valence-corrected chi connectivity index (χ1v) is 8.14. The quantitative estimate of drug-likeness (QED) is 0.497. The lowest BCUT2D eigenvalue weighted by Crippen LogP contribution is -2.35. The summed E-state index contributed by atoms with van der Waals surface area (Å²) in [6.45, 7) is 1.29. The predicted molar refractivity (Wildman–Crippen MR) is 95.9 cm³/mol. The Balaban J connectivity index is 1.83. The van der Waals surface area contributed by atoms with E-state index in [0.29, 0.717) is 19.8 Å². The zero-order valence-corrected chi connectivity index (χ0v) is 13.9. The number of benzene rings is 2. The van der Waals surface area contributed by atoms with E-state index in [4.69, 9.17) is 15.2 Å². The molecule has 0 radical (unpaired) electrons. The highest BCUT2D eigenvalue weighted by molar-refractivity contribution is 5.96. The molecule has 1 aliphatic rings. The van der Waals surface area contributed by atoms with Gasteiger partial charge in [-0.25, -0.2) is 0 Å². The van der Waals surface area contributed by atoms with Crippen LogP contribution in [0.2, 0.25) is 0 Å². The van der Waals surface area contributed by atoms with E-state index < -0.39 is 0 Å². The number of nitrogens with zero attached hydrogens (tertiary/aromatic N) is 1. The summed E-state index contributed by atoms with van der Waals surface area (Å²) >= 11 is 0. The monoisotopic (exact) mass is 336 g/mol. The summed E-state index contributed by atoms with van der Waals surface area (Å²) in [4.78, 5) is 14.5. The highest BCUT2D eigenvalue weighted by Crippen LogP contribution is 2.25. The van der Waals surface area contributed by atoms with Crippen molar-refractivity contribution >= 4 is 11.6 Å². The molecular weight excluding hydrogens is 316 g/mol. The maximum Gasteiger partial charge on any atom is 0.253 e. The molecule has 2 aromatic rings. The van der Waals surface area contributed by atoms with Crippen molar-refractivity contribution in [1.29, 1.82) is 0 Å². The summed E-state index contributed by atoms with van der Waals surface area (Å²) in [6, 6.07) is 15.5. The van der Waals surface area contributed by atoms with E-state index in [9.17, 15) is 4.79 Å². The Morgan fingerprint density at radius 3 is 2.52 bits per heavy atom. The molecule has 0 unspecified atom stereocenters. The van der Waals surface area contributed by atoms with E-state index in [2.05, 4.69) is 11.8 Å². The van der Waals surface area contributed by atoms with Gasteiger partial charge in [-0.2, -0.15) is 0 Å². The number of carbonyl (C=O) groups is 1. The fraction of sp³-hybridized carbons (Fsp3) is 0.250. The highest BCUT2D eigenvalue weighted by atomic mass is 16.5. The van der Waals surface area contributed by atoms with E-state index in [-0.39, 0.29) is 19.2 Å². The lowest BCUT2D eigenvalue weighted by Gasteiger charge is -2.26. The summed E-state index contributed by atoms with van der Waals surface area (Å²) in [7, 11) is 0. The Kier molecular flexibility index (Phi) is 5.81. The van der Waals surface area contributed by atoms with Gasteiger partial charge in [0.1, 0.15) is 6.61 Å². The molecule has 128 valence electrons. The summed E-state index contributed by atoms with van der Waals surface area (Å²) < 4.78 is 10.4. The molecule has 2 aromatic carbocycles. The van der Waals surface area contributed by atoms with Gasteiger partial charge in [0.25, 0.3) is 5.91 Å². The zero-order valence-electron chi connectivity index (χ0n) is 13.9. The molecule has 3 rings (SSSR count). The summed E-state index contributed by atoms with van der Waals surface area (Å²) in [6.07, 6.45) is 0. The first-order valence-electron chi connectivity index (χ1n) is 8.14. The second-order valence-corrected chi connectivity index (χ2v) is 5.53. The van der Waals surface area contributed by atoms with Crippen molar-refractivity contribution in [1.82, 2.24) is 0 Å². The molecule has 0 atom stereocenters. The van der Waals surface area contributed by atoms with Crippen LogP contribution in [-0.2, 0) is 20.8 Å². The number of nitrogens with two attached hydrogens (primary N) is 1. The number of para-hydroxylation sites is 1. The van der Waals surface area contributed by atoms with Crippen LogP contribution in [0, 0.1) is 11.8 Å². The molecule has 0 aromatic heterocycles. The summed E-state index contributed by atoms with van der Waals surface area (Å²) in [5.41, 5.74) is 8.84. The fourth-order valence-corrected chi connectivity index (χ4v) is 2.65. The molecule has 0 saturated carbocycles. The average molecular weight is 336 g/mol. The minimum atomic E-state index is -0.112. The number of hydrogen-bond donors (Lipinski definition) is 1. The number of ether oxygens (including phenoxy) is 2. The van der Waals surface area contributed by atoms with Crippen molar-refractivity contribution in [2.24, 2.45) is 5.73 Å². The fourth-order valence-electron chi connectivity index (χ4n) is 2.65. The third-order valence-electron chi connectivity index (χ3n) is 3.89. The third-order valence-corrected chi connectivity index (χ3v) is 3.89. The molecule has 0 spiro atoms. The van der Waals surface area contributed by atoms with Crippen LogP contribution in [0.4, 0.5) is 5.69 Å². The smallest absolute Gasteiger partial charge is 0.253 e. The number of fused-ring (bicyclic) bond motifs is 2. The van der Waals surface area contributed by atoms with Crippen LogP contribution in [-0.4, -0.2) is 32.5 Å². The Hall–Kier alpha value is -2.65. The van der Waals surface area contributed by atoms with Gasteiger partial charge in [-0.05, 0) is 23.8 Å². The van der Waals surface area contributed by atoms with E-state index in [0.717, 1.165) is 22.4 Å². The van der Waals surface area contributed by atoms with E-state index in [1.54, 1.807) is 4.90 Å². The molecule has 1 amide bonds. The molecule has 5 heteroatoms. The average Bonchev–Trinajstić information content (AvgIpc) is 2.63. The molecule has 1 aliphatic heterocycles. The van der Waals surface area contributed by atoms with Gasteiger partial charge in [-0.15, -0.1) is 0 Å². The number of rotatable bonds is 6. The largest absolute Gasteiger partial charge is 0.369 e. The van der Waals surface area contributed by atoms with Crippen LogP contribution < -0.4 is 10.6 Å². The van der Waals surface area contributed by atoms with Crippen molar-refractivity contribution in [3.63, 3.8) is 0 Å². The lowest BCUT2D eigenvalue weighted by atomic mass is 10.0.